The fourth-order valence-corrected chi connectivity index (χ4v) is 4.17. The summed E-state index contributed by atoms with van der Waals surface area (Å²) in [4.78, 5) is 33.6. The second-order valence-electron chi connectivity index (χ2n) is 9.65. The summed E-state index contributed by atoms with van der Waals surface area (Å²) in [5, 5.41) is 4.52. The van der Waals surface area contributed by atoms with Crippen LogP contribution in [0.2, 0.25) is 0 Å². The molecule has 0 aliphatic carbocycles. The second-order valence-corrected chi connectivity index (χ2v) is 9.65. The summed E-state index contributed by atoms with van der Waals surface area (Å²) < 4.78 is 5.50. The average molecular weight is 461 g/mol. The number of aromatic nitrogens is 1. The molecular formula is C27H32N4O3. The number of piperidine rings is 1. The highest BCUT2D eigenvalue weighted by Crippen LogP contribution is 2.29. The zero-order valence-electron chi connectivity index (χ0n) is 20.2. The van der Waals surface area contributed by atoms with Gasteiger partial charge in [0.2, 0.25) is 0 Å². The number of nitrogens with zero attached hydrogens (tertiary/aromatic N) is 3. The van der Waals surface area contributed by atoms with E-state index in [4.69, 9.17) is 4.74 Å². The van der Waals surface area contributed by atoms with Crippen molar-refractivity contribution in [2.45, 2.75) is 45.3 Å². The molecule has 0 unspecified atom stereocenters. The fourth-order valence-electron chi connectivity index (χ4n) is 4.17. The molecule has 1 aliphatic rings. The number of pyridine rings is 1. The summed E-state index contributed by atoms with van der Waals surface area (Å²) >= 11 is 0. The van der Waals surface area contributed by atoms with Gasteiger partial charge in [0.05, 0.1) is 11.1 Å². The maximum absolute atomic E-state index is 13.3. The highest BCUT2D eigenvalue weighted by atomic mass is 16.6. The van der Waals surface area contributed by atoms with Gasteiger partial charge in [-0.05, 0) is 70.0 Å². The second kappa shape index (κ2) is 9.71. The third-order valence-corrected chi connectivity index (χ3v) is 5.95. The van der Waals surface area contributed by atoms with Crippen molar-refractivity contribution in [2.24, 2.45) is 0 Å². The molecule has 0 bridgehead atoms. The Kier molecular flexibility index (Phi) is 6.72. The molecule has 178 valence electrons. The van der Waals surface area contributed by atoms with Gasteiger partial charge in [-0.25, -0.2) is 4.79 Å². The maximum atomic E-state index is 13.3. The van der Waals surface area contributed by atoms with Crippen LogP contribution in [0.5, 0.6) is 0 Å². The van der Waals surface area contributed by atoms with Crippen LogP contribution in [-0.2, 0) is 4.74 Å². The number of carbonyl (C=O) groups is 2. The van der Waals surface area contributed by atoms with E-state index in [1.54, 1.807) is 23.0 Å². The molecule has 1 aliphatic heterocycles. The van der Waals surface area contributed by atoms with Gasteiger partial charge in [0.15, 0.2) is 0 Å². The fraction of sp³-hybridized carbons (Fsp3) is 0.370. The molecule has 2 aromatic carbocycles. The Morgan fingerprint density at radius 3 is 2.41 bits per heavy atom. The summed E-state index contributed by atoms with van der Waals surface area (Å²) in [6.07, 6.45) is 3.09. The van der Waals surface area contributed by atoms with Crippen molar-refractivity contribution in [3.05, 3.63) is 66.4 Å². The van der Waals surface area contributed by atoms with E-state index in [1.165, 1.54) is 0 Å². The van der Waals surface area contributed by atoms with E-state index >= 15 is 0 Å². The lowest BCUT2D eigenvalue weighted by Gasteiger charge is -2.34. The Morgan fingerprint density at radius 2 is 1.74 bits per heavy atom. The summed E-state index contributed by atoms with van der Waals surface area (Å²) in [5.74, 6) is -0.105. The van der Waals surface area contributed by atoms with Gasteiger partial charge in [0.1, 0.15) is 5.60 Å². The molecule has 34 heavy (non-hydrogen) atoms. The molecule has 7 heteroatoms. The smallest absolute Gasteiger partial charge is 0.410 e. The number of carbonyl (C=O) groups excluding carboxylic acids is 2. The number of amides is 2. The minimum Gasteiger partial charge on any atom is -0.444 e. The Morgan fingerprint density at radius 1 is 1.03 bits per heavy atom. The van der Waals surface area contributed by atoms with Crippen LogP contribution in [0.1, 0.15) is 44.0 Å². The molecule has 7 nitrogen and oxygen atoms in total. The molecule has 1 N–H and O–H groups in total. The Bertz CT molecular complexity index is 1170. The maximum Gasteiger partial charge on any atom is 0.410 e. The third kappa shape index (κ3) is 5.30. The number of hydrogen-bond donors (Lipinski definition) is 1. The number of fused-ring (bicyclic) bond motifs is 1. The van der Waals surface area contributed by atoms with Crippen LogP contribution in [0, 0.1) is 0 Å². The van der Waals surface area contributed by atoms with Crippen LogP contribution in [-0.4, -0.2) is 53.7 Å². The summed E-state index contributed by atoms with van der Waals surface area (Å²) in [5.41, 5.74) is 2.51. The lowest BCUT2D eigenvalue weighted by atomic mass is 10.0. The molecule has 1 saturated heterocycles. The van der Waals surface area contributed by atoms with Crippen LogP contribution in [0.4, 0.5) is 16.2 Å². The zero-order chi connectivity index (χ0) is 24.3. The van der Waals surface area contributed by atoms with Gasteiger partial charge in [0.25, 0.3) is 5.91 Å². The highest BCUT2D eigenvalue weighted by Gasteiger charge is 2.27. The van der Waals surface area contributed by atoms with Gasteiger partial charge in [-0.1, -0.05) is 18.2 Å². The number of benzene rings is 2. The van der Waals surface area contributed by atoms with Crippen LogP contribution >= 0.6 is 0 Å². The first-order valence-corrected chi connectivity index (χ1v) is 11.7. The Balaban J connectivity index is 1.49. The van der Waals surface area contributed by atoms with E-state index in [2.05, 4.69) is 10.3 Å². The minimum absolute atomic E-state index is 0.105. The van der Waals surface area contributed by atoms with Gasteiger partial charge in [-0.15, -0.1) is 0 Å². The van der Waals surface area contributed by atoms with Gasteiger partial charge >= 0.3 is 6.09 Å². The summed E-state index contributed by atoms with van der Waals surface area (Å²) in [6.45, 7) is 6.92. The van der Waals surface area contributed by atoms with E-state index < -0.39 is 5.60 Å². The predicted molar refractivity (Wildman–Crippen MR) is 135 cm³/mol. The molecule has 0 atom stereocenters. The monoisotopic (exact) mass is 460 g/mol. The van der Waals surface area contributed by atoms with E-state index in [0.717, 1.165) is 29.6 Å². The number of anilines is 2. The zero-order valence-corrected chi connectivity index (χ0v) is 20.2. The van der Waals surface area contributed by atoms with E-state index in [1.807, 2.05) is 75.4 Å². The van der Waals surface area contributed by atoms with Crippen LogP contribution in [0.15, 0.2) is 60.8 Å². The molecule has 4 rings (SSSR count). The molecule has 2 amide bonds. The topological polar surface area (TPSA) is 74.8 Å². The molecule has 2 heterocycles. The largest absolute Gasteiger partial charge is 0.444 e. The average Bonchev–Trinajstić information content (AvgIpc) is 2.83. The number of ether oxygens (including phenoxy) is 1. The summed E-state index contributed by atoms with van der Waals surface area (Å²) in [7, 11) is 1.77. The van der Waals surface area contributed by atoms with Crippen molar-refractivity contribution in [2.75, 3.05) is 30.4 Å². The molecule has 1 fully saturated rings. The number of hydrogen-bond acceptors (Lipinski definition) is 5. The van der Waals surface area contributed by atoms with Gasteiger partial charge in [-0.3, -0.25) is 9.78 Å². The molecule has 0 radical (unpaired) electrons. The van der Waals surface area contributed by atoms with Crippen molar-refractivity contribution >= 4 is 34.3 Å². The van der Waals surface area contributed by atoms with E-state index in [0.29, 0.717) is 24.2 Å². The number of likely N-dealkylation sites (tertiary alicyclic amines) is 1. The number of rotatable bonds is 4. The van der Waals surface area contributed by atoms with Crippen molar-refractivity contribution < 1.29 is 14.3 Å². The van der Waals surface area contributed by atoms with Crippen LogP contribution in [0.3, 0.4) is 0 Å². The molecule has 0 saturated carbocycles. The van der Waals surface area contributed by atoms with E-state index in [9.17, 15) is 9.59 Å². The molecule has 1 aromatic heterocycles. The van der Waals surface area contributed by atoms with Crippen molar-refractivity contribution in [3.63, 3.8) is 0 Å². The van der Waals surface area contributed by atoms with Crippen LogP contribution in [0.25, 0.3) is 10.9 Å². The first-order valence-electron chi connectivity index (χ1n) is 11.7. The Labute approximate surface area is 200 Å². The Hall–Kier alpha value is -3.61. The van der Waals surface area contributed by atoms with E-state index in [-0.39, 0.29) is 18.0 Å². The first kappa shape index (κ1) is 23.5. The lowest BCUT2D eigenvalue weighted by Crippen LogP contribution is -2.44. The first-order chi connectivity index (χ1) is 16.2. The number of nitrogens with one attached hydrogen (secondary N) is 1. The standard InChI is InChI=1S/C27H32N4O3/c1-27(2,3)34-26(33)31-17-14-19(15-18-31)29-23-13-12-22(24-21(23)11-8-16-28-24)25(32)30(4)20-9-6-5-7-10-20/h5-13,16,19,29H,14-15,17-18H2,1-4H3. The predicted octanol–water partition coefficient (Wildman–Crippen LogP) is 5.32. The number of para-hydroxylation sites is 1. The normalized spacial score (nSPS) is 14.6. The van der Waals surface area contributed by atoms with Crippen LogP contribution < -0.4 is 10.2 Å². The summed E-state index contributed by atoms with van der Waals surface area (Å²) in [6, 6.07) is 17.5. The SMILES string of the molecule is CN(C(=O)c1ccc(NC2CCN(C(=O)OC(C)(C)C)CC2)c2cccnc12)c1ccccc1. The van der Waals surface area contributed by atoms with Crippen molar-refractivity contribution in [1.82, 2.24) is 9.88 Å². The molecule has 3 aromatic rings. The quantitative estimate of drug-likeness (QED) is 0.570. The van der Waals surface area contributed by atoms with Crippen molar-refractivity contribution in [1.29, 1.82) is 0 Å². The third-order valence-electron chi connectivity index (χ3n) is 5.95. The van der Waals surface area contributed by atoms with Crippen molar-refractivity contribution in [3.8, 4) is 0 Å². The highest BCUT2D eigenvalue weighted by molar-refractivity contribution is 6.14. The minimum atomic E-state index is -0.494. The van der Waals surface area contributed by atoms with Gasteiger partial charge in [0, 0.05) is 49.1 Å². The molecular weight excluding hydrogens is 428 g/mol. The lowest BCUT2D eigenvalue weighted by molar-refractivity contribution is 0.0210. The molecule has 0 spiro atoms. The van der Waals surface area contributed by atoms with Gasteiger partial charge < -0.3 is 19.9 Å². The van der Waals surface area contributed by atoms with Gasteiger partial charge in [-0.2, -0.15) is 0 Å².